The molecule has 2 nitrogen and oxygen atoms in total. The Kier molecular flexibility index (Phi) is 1.99. The summed E-state index contributed by atoms with van der Waals surface area (Å²) in [6.45, 7) is 2.13. The SMILES string of the molecule is Cc1ccc(CO)c2ccncc12. The van der Waals surface area contributed by atoms with Crippen LogP contribution in [0.4, 0.5) is 0 Å². The number of fused-ring (bicyclic) bond motifs is 1. The lowest BCUT2D eigenvalue weighted by Gasteiger charge is -2.05. The fourth-order valence-corrected chi connectivity index (χ4v) is 1.53. The minimum atomic E-state index is 0.0841. The molecule has 13 heavy (non-hydrogen) atoms. The third kappa shape index (κ3) is 1.29. The van der Waals surface area contributed by atoms with Crippen LogP contribution in [-0.4, -0.2) is 10.1 Å². The van der Waals surface area contributed by atoms with Crippen molar-refractivity contribution in [2.24, 2.45) is 0 Å². The molecule has 2 heteroatoms. The lowest BCUT2D eigenvalue weighted by atomic mass is 10.0. The fourth-order valence-electron chi connectivity index (χ4n) is 1.53. The minimum Gasteiger partial charge on any atom is -0.392 e. The Bertz CT molecular complexity index is 437. The highest BCUT2D eigenvalue weighted by Crippen LogP contribution is 2.20. The Morgan fingerprint density at radius 3 is 2.85 bits per heavy atom. The predicted octanol–water partition coefficient (Wildman–Crippen LogP) is 2.04. The van der Waals surface area contributed by atoms with E-state index in [1.54, 1.807) is 6.20 Å². The highest BCUT2D eigenvalue weighted by Gasteiger charge is 2.01. The molecule has 0 spiro atoms. The molecular formula is C11H11NO. The third-order valence-corrected chi connectivity index (χ3v) is 2.30. The lowest BCUT2D eigenvalue weighted by molar-refractivity contribution is 0.283. The van der Waals surface area contributed by atoms with Crippen LogP contribution in [0, 0.1) is 6.92 Å². The van der Waals surface area contributed by atoms with Gasteiger partial charge in [-0.3, -0.25) is 4.98 Å². The van der Waals surface area contributed by atoms with Crippen molar-refractivity contribution in [2.75, 3.05) is 0 Å². The van der Waals surface area contributed by atoms with Gasteiger partial charge < -0.3 is 5.11 Å². The van der Waals surface area contributed by atoms with Crippen LogP contribution in [0.15, 0.2) is 30.6 Å². The largest absolute Gasteiger partial charge is 0.392 e. The molecule has 0 saturated carbocycles. The second-order valence-corrected chi connectivity index (χ2v) is 3.12. The van der Waals surface area contributed by atoms with Crippen molar-refractivity contribution in [3.63, 3.8) is 0 Å². The van der Waals surface area contributed by atoms with Crippen molar-refractivity contribution in [1.82, 2.24) is 4.98 Å². The van der Waals surface area contributed by atoms with Gasteiger partial charge in [0.2, 0.25) is 0 Å². The average molecular weight is 173 g/mol. The second-order valence-electron chi connectivity index (χ2n) is 3.12. The second kappa shape index (κ2) is 3.15. The van der Waals surface area contributed by atoms with E-state index in [0.717, 1.165) is 16.3 Å². The van der Waals surface area contributed by atoms with Gasteiger partial charge in [-0.05, 0) is 29.5 Å². The van der Waals surface area contributed by atoms with Crippen LogP contribution in [0.3, 0.4) is 0 Å². The predicted molar refractivity (Wildman–Crippen MR) is 52.4 cm³/mol. The maximum Gasteiger partial charge on any atom is 0.0687 e. The number of aryl methyl sites for hydroxylation is 1. The zero-order chi connectivity index (χ0) is 9.26. The number of nitrogens with zero attached hydrogens (tertiary/aromatic N) is 1. The molecule has 1 N–H and O–H groups in total. The average Bonchev–Trinajstić information content (AvgIpc) is 2.19. The van der Waals surface area contributed by atoms with Crippen LogP contribution in [0.25, 0.3) is 10.8 Å². The highest BCUT2D eigenvalue weighted by molar-refractivity contribution is 5.87. The topological polar surface area (TPSA) is 33.1 Å². The van der Waals surface area contributed by atoms with Crippen LogP contribution in [0.5, 0.6) is 0 Å². The lowest BCUT2D eigenvalue weighted by Crippen LogP contribution is -1.88. The van der Waals surface area contributed by atoms with Gasteiger partial charge in [0.15, 0.2) is 0 Å². The van der Waals surface area contributed by atoms with Gasteiger partial charge in [0.25, 0.3) is 0 Å². The Labute approximate surface area is 76.9 Å². The van der Waals surface area contributed by atoms with E-state index in [9.17, 15) is 0 Å². The molecule has 1 aromatic carbocycles. The molecule has 0 aliphatic carbocycles. The van der Waals surface area contributed by atoms with Crippen molar-refractivity contribution in [2.45, 2.75) is 13.5 Å². The summed E-state index contributed by atoms with van der Waals surface area (Å²) >= 11 is 0. The number of rotatable bonds is 1. The van der Waals surface area contributed by atoms with Gasteiger partial charge in [0.05, 0.1) is 6.61 Å². The number of aromatic nitrogens is 1. The summed E-state index contributed by atoms with van der Waals surface area (Å²) in [5.41, 5.74) is 2.16. The van der Waals surface area contributed by atoms with Gasteiger partial charge in [-0.15, -0.1) is 0 Å². The molecule has 0 saturated heterocycles. The first-order valence-electron chi connectivity index (χ1n) is 4.26. The summed E-state index contributed by atoms with van der Waals surface area (Å²) in [4.78, 5) is 4.07. The van der Waals surface area contributed by atoms with E-state index >= 15 is 0 Å². The first-order chi connectivity index (χ1) is 6.33. The molecule has 0 aliphatic heterocycles. The van der Waals surface area contributed by atoms with Crippen LogP contribution in [0.2, 0.25) is 0 Å². The van der Waals surface area contributed by atoms with Gasteiger partial charge in [-0.25, -0.2) is 0 Å². The maximum atomic E-state index is 9.11. The summed E-state index contributed by atoms with van der Waals surface area (Å²) in [5, 5.41) is 11.3. The van der Waals surface area contributed by atoms with Gasteiger partial charge in [-0.1, -0.05) is 12.1 Å². The Hall–Kier alpha value is -1.41. The normalized spacial score (nSPS) is 10.6. The molecule has 0 radical (unpaired) electrons. The number of benzene rings is 1. The molecule has 0 bridgehead atoms. The molecule has 1 heterocycles. The zero-order valence-electron chi connectivity index (χ0n) is 7.49. The minimum absolute atomic E-state index is 0.0841. The molecule has 2 rings (SSSR count). The van der Waals surface area contributed by atoms with E-state index in [1.807, 2.05) is 31.3 Å². The van der Waals surface area contributed by atoms with E-state index in [-0.39, 0.29) is 6.61 Å². The van der Waals surface area contributed by atoms with Crippen molar-refractivity contribution in [3.05, 3.63) is 41.7 Å². The zero-order valence-corrected chi connectivity index (χ0v) is 7.49. The Morgan fingerprint density at radius 2 is 2.08 bits per heavy atom. The van der Waals surface area contributed by atoms with Crippen LogP contribution in [0.1, 0.15) is 11.1 Å². The smallest absolute Gasteiger partial charge is 0.0687 e. The van der Waals surface area contributed by atoms with Crippen LogP contribution < -0.4 is 0 Å². The molecule has 0 amide bonds. The molecule has 2 aromatic rings. The summed E-state index contributed by atoms with van der Waals surface area (Å²) < 4.78 is 0. The van der Waals surface area contributed by atoms with Gasteiger partial charge in [0, 0.05) is 17.8 Å². The number of aliphatic hydroxyl groups excluding tert-OH is 1. The first kappa shape index (κ1) is 8.20. The van der Waals surface area contributed by atoms with Crippen LogP contribution >= 0.6 is 0 Å². The Morgan fingerprint density at radius 1 is 1.23 bits per heavy atom. The first-order valence-corrected chi connectivity index (χ1v) is 4.26. The maximum absolute atomic E-state index is 9.11. The third-order valence-electron chi connectivity index (χ3n) is 2.30. The van der Waals surface area contributed by atoms with Crippen molar-refractivity contribution < 1.29 is 5.11 Å². The van der Waals surface area contributed by atoms with E-state index in [1.165, 1.54) is 5.56 Å². The quantitative estimate of drug-likeness (QED) is 0.715. The van der Waals surface area contributed by atoms with E-state index < -0.39 is 0 Å². The van der Waals surface area contributed by atoms with Gasteiger partial charge >= 0.3 is 0 Å². The monoisotopic (exact) mass is 173 g/mol. The summed E-state index contributed by atoms with van der Waals surface area (Å²) in [7, 11) is 0. The van der Waals surface area contributed by atoms with Gasteiger partial charge in [0.1, 0.15) is 0 Å². The molecule has 0 atom stereocenters. The summed E-state index contributed by atoms with van der Waals surface area (Å²) in [6.07, 6.45) is 3.59. The number of pyridine rings is 1. The molecule has 0 aliphatic rings. The molecule has 1 aromatic heterocycles. The Balaban J connectivity index is 2.84. The molecule has 66 valence electrons. The van der Waals surface area contributed by atoms with Crippen molar-refractivity contribution in [3.8, 4) is 0 Å². The van der Waals surface area contributed by atoms with E-state index in [2.05, 4.69) is 4.98 Å². The summed E-state index contributed by atoms with van der Waals surface area (Å²) in [5.74, 6) is 0. The van der Waals surface area contributed by atoms with Crippen LogP contribution in [-0.2, 0) is 6.61 Å². The van der Waals surface area contributed by atoms with Crippen molar-refractivity contribution >= 4 is 10.8 Å². The molecule has 0 fully saturated rings. The summed E-state index contributed by atoms with van der Waals surface area (Å²) in [6, 6.07) is 5.90. The van der Waals surface area contributed by atoms with E-state index in [4.69, 9.17) is 5.11 Å². The van der Waals surface area contributed by atoms with Crippen molar-refractivity contribution in [1.29, 1.82) is 0 Å². The van der Waals surface area contributed by atoms with Gasteiger partial charge in [-0.2, -0.15) is 0 Å². The fraction of sp³-hybridized carbons (Fsp3) is 0.182. The number of hydrogen-bond acceptors (Lipinski definition) is 2. The number of hydrogen-bond donors (Lipinski definition) is 1. The molecular weight excluding hydrogens is 162 g/mol. The number of aliphatic hydroxyl groups is 1. The van der Waals surface area contributed by atoms with E-state index in [0.29, 0.717) is 0 Å². The highest BCUT2D eigenvalue weighted by atomic mass is 16.3. The standard InChI is InChI=1S/C11H11NO/c1-8-2-3-9(7-13)10-4-5-12-6-11(8)10/h2-6,13H,7H2,1H3. The molecule has 0 unspecified atom stereocenters.